The van der Waals surface area contributed by atoms with E-state index in [-0.39, 0.29) is 0 Å². The van der Waals surface area contributed by atoms with Gasteiger partial charge in [0.05, 0.1) is 0 Å². The first-order valence-corrected chi connectivity index (χ1v) is 5.04. The zero-order valence-corrected chi connectivity index (χ0v) is 8.09. The molecule has 13 heavy (non-hydrogen) atoms. The van der Waals surface area contributed by atoms with Gasteiger partial charge in [-0.25, -0.2) is 0 Å². The van der Waals surface area contributed by atoms with Crippen LogP contribution in [0.3, 0.4) is 0 Å². The molecular weight excluding hydrogens is 160 g/mol. The number of nitrogens with two attached hydrogens (primary N) is 1. The van der Waals surface area contributed by atoms with E-state index >= 15 is 0 Å². The maximum atomic E-state index is 5.69. The van der Waals surface area contributed by atoms with E-state index in [1.54, 1.807) is 0 Å². The van der Waals surface area contributed by atoms with Crippen molar-refractivity contribution in [1.82, 2.24) is 4.98 Å². The summed E-state index contributed by atoms with van der Waals surface area (Å²) in [6, 6.07) is 4.35. The molecule has 0 bridgehead atoms. The van der Waals surface area contributed by atoms with Crippen LogP contribution in [0.2, 0.25) is 0 Å². The Hall–Kier alpha value is -0.890. The molecule has 0 spiro atoms. The number of aryl methyl sites for hydroxylation is 2. The Morgan fingerprint density at radius 3 is 3.08 bits per heavy atom. The molecule has 1 aliphatic rings. The molecular formula is C11H16N2. The van der Waals surface area contributed by atoms with Gasteiger partial charge >= 0.3 is 0 Å². The Morgan fingerprint density at radius 2 is 2.38 bits per heavy atom. The smallest absolute Gasteiger partial charge is 0.0442 e. The average molecular weight is 176 g/mol. The van der Waals surface area contributed by atoms with Crippen LogP contribution in [0.5, 0.6) is 0 Å². The highest BCUT2D eigenvalue weighted by atomic mass is 14.7. The van der Waals surface area contributed by atoms with Gasteiger partial charge in [-0.15, -0.1) is 0 Å². The van der Waals surface area contributed by atoms with Crippen molar-refractivity contribution < 1.29 is 0 Å². The third-order valence-electron chi connectivity index (χ3n) is 2.88. The Morgan fingerprint density at radius 1 is 1.54 bits per heavy atom. The first-order chi connectivity index (χ1) is 6.35. The van der Waals surface area contributed by atoms with Gasteiger partial charge in [-0.1, -0.05) is 13.0 Å². The van der Waals surface area contributed by atoms with E-state index in [2.05, 4.69) is 24.0 Å². The van der Waals surface area contributed by atoms with E-state index in [0.717, 1.165) is 19.4 Å². The van der Waals surface area contributed by atoms with Crippen molar-refractivity contribution in [1.29, 1.82) is 0 Å². The Bertz CT molecular complexity index is 307. The molecule has 0 aliphatic heterocycles. The first-order valence-electron chi connectivity index (χ1n) is 5.04. The van der Waals surface area contributed by atoms with E-state index in [9.17, 15) is 0 Å². The summed E-state index contributed by atoms with van der Waals surface area (Å²) >= 11 is 0. The molecule has 0 aromatic carbocycles. The summed E-state index contributed by atoms with van der Waals surface area (Å²) in [5.41, 5.74) is 9.57. The molecule has 2 rings (SSSR count). The number of hydrogen-bond donors (Lipinski definition) is 1. The van der Waals surface area contributed by atoms with Crippen LogP contribution in [-0.4, -0.2) is 11.5 Å². The average Bonchev–Trinajstić information content (AvgIpc) is 2.59. The lowest BCUT2D eigenvalue weighted by molar-refractivity contribution is 0.688. The number of hydrogen-bond acceptors (Lipinski definition) is 2. The van der Waals surface area contributed by atoms with Gasteiger partial charge in [0, 0.05) is 11.4 Å². The third kappa shape index (κ3) is 1.46. The Labute approximate surface area is 79.2 Å². The van der Waals surface area contributed by atoms with E-state index < -0.39 is 0 Å². The monoisotopic (exact) mass is 176 g/mol. The topological polar surface area (TPSA) is 38.9 Å². The molecule has 2 heteroatoms. The summed E-state index contributed by atoms with van der Waals surface area (Å²) in [5.74, 6) is 0.563. The van der Waals surface area contributed by atoms with Gasteiger partial charge in [0.1, 0.15) is 0 Å². The summed E-state index contributed by atoms with van der Waals surface area (Å²) in [6.07, 6.45) is 3.33. The standard InChI is InChI=1S/C11H16N2/c1-2-9-4-5-10-8(7-12)3-6-11(10)13-9/h4-5,8H,2-3,6-7,12H2,1H3. The zero-order valence-electron chi connectivity index (χ0n) is 8.09. The van der Waals surface area contributed by atoms with E-state index in [0.29, 0.717) is 5.92 Å². The molecule has 0 radical (unpaired) electrons. The number of rotatable bonds is 2. The van der Waals surface area contributed by atoms with Gasteiger partial charge in [-0.3, -0.25) is 4.98 Å². The number of fused-ring (bicyclic) bond motifs is 1. The number of nitrogens with zero attached hydrogens (tertiary/aromatic N) is 1. The lowest BCUT2D eigenvalue weighted by Gasteiger charge is -2.07. The highest BCUT2D eigenvalue weighted by molar-refractivity contribution is 5.31. The second kappa shape index (κ2) is 3.46. The molecule has 0 saturated carbocycles. The SMILES string of the molecule is CCc1ccc2c(n1)CCC2CN. The van der Waals surface area contributed by atoms with Gasteiger partial charge in [0.2, 0.25) is 0 Å². The maximum Gasteiger partial charge on any atom is 0.0442 e. The molecule has 1 aliphatic carbocycles. The molecule has 1 unspecified atom stereocenters. The van der Waals surface area contributed by atoms with Crippen LogP contribution >= 0.6 is 0 Å². The summed E-state index contributed by atoms with van der Waals surface area (Å²) in [5, 5.41) is 0. The third-order valence-corrected chi connectivity index (χ3v) is 2.88. The normalized spacial score (nSPS) is 20.3. The van der Waals surface area contributed by atoms with Gasteiger partial charge in [-0.05, 0) is 43.4 Å². The van der Waals surface area contributed by atoms with Crippen LogP contribution in [0.15, 0.2) is 12.1 Å². The van der Waals surface area contributed by atoms with Gasteiger partial charge in [0.25, 0.3) is 0 Å². The van der Waals surface area contributed by atoms with Crippen molar-refractivity contribution in [2.45, 2.75) is 32.1 Å². The summed E-state index contributed by atoms with van der Waals surface area (Å²) in [6.45, 7) is 2.91. The molecule has 1 aromatic heterocycles. The zero-order chi connectivity index (χ0) is 9.26. The molecule has 1 heterocycles. The van der Waals surface area contributed by atoms with Crippen molar-refractivity contribution in [2.24, 2.45) is 5.73 Å². The molecule has 0 amide bonds. The predicted molar refractivity (Wildman–Crippen MR) is 53.7 cm³/mol. The van der Waals surface area contributed by atoms with Gasteiger partial charge < -0.3 is 5.73 Å². The maximum absolute atomic E-state index is 5.69. The van der Waals surface area contributed by atoms with E-state index in [4.69, 9.17) is 5.73 Å². The van der Waals surface area contributed by atoms with Crippen LogP contribution in [0.25, 0.3) is 0 Å². The first kappa shape index (κ1) is 8.70. The summed E-state index contributed by atoms with van der Waals surface area (Å²) in [7, 11) is 0. The second-order valence-electron chi connectivity index (χ2n) is 3.66. The second-order valence-corrected chi connectivity index (χ2v) is 3.66. The predicted octanol–water partition coefficient (Wildman–Crippen LogP) is 1.63. The molecule has 70 valence electrons. The molecule has 0 saturated heterocycles. The van der Waals surface area contributed by atoms with Crippen LogP contribution in [0.1, 0.15) is 36.2 Å². The van der Waals surface area contributed by atoms with Crippen molar-refractivity contribution in [3.05, 3.63) is 29.1 Å². The van der Waals surface area contributed by atoms with Crippen molar-refractivity contribution in [3.8, 4) is 0 Å². The fourth-order valence-electron chi connectivity index (χ4n) is 2.04. The molecule has 2 N–H and O–H groups in total. The fraction of sp³-hybridized carbons (Fsp3) is 0.545. The lowest BCUT2D eigenvalue weighted by Crippen LogP contribution is -2.09. The Balaban J connectivity index is 2.34. The van der Waals surface area contributed by atoms with Crippen LogP contribution in [-0.2, 0) is 12.8 Å². The van der Waals surface area contributed by atoms with Crippen molar-refractivity contribution in [3.63, 3.8) is 0 Å². The van der Waals surface area contributed by atoms with Crippen molar-refractivity contribution >= 4 is 0 Å². The largest absolute Gasteiger partial charge is 0.330 e. The lowest BCUT2D eigenvalue weighted by atomic mass is 10.0. The van der Waals surface area contributed by atoms with Crippen molar-refractivity contribution in [2.75, 3.05) is 6.54 Å². The number of aromatic nitrogens is 1. The Kier molecular flexibility index (Phi) is 2.32. The number of pyridine rings is 1. The highest BCUT2D eigenvalue weighted by Crippen LogP contribution is 2.30. The fourth-order valence-corrected chi connectivity index (χ4v) is 2.04. The summed E-state index contributed by atoms with van der Waals surface area (Å²) in [4.78, 5) is 4.61. The van der Waals surface area contributed by atoms with Crippen LogP contribution < -0.4 is 5.73 Å². The minimum atomic E-state index is 0.563. The minimum Gasteiger partial charge on any atom is -0.330 e. The van der Waals surface area contributed by atoms with E-state index in [1.807, 2.05) is 0 Å². The van der Waals surface area contributed by atoms with Crippen LogP contribution in [0, 0.1) is 0 Å². The highest BCUT2D eigenvalue weighted by Gasteiger charge is 2.21. The molecule has 0 fully saturated rings. The minimum absolute atomic E-state index is 0.563. The molecule has 1 atom stereocenters. The van der Waals surface area contributed by atoms with E-state index in [1.165, 1.54) is 23.4 Å². The molecule has 2 nitrogen and oxygen atoms in total. The van der Waals surface area contributed by atoms with Gasteiger partial charge in [0.15, 0.2) is 0 Å². The van der Waals surface area contributed by atoms with Gasteiger partial charge in [-0.2, -0.15) is 0 Å². The summed E-state index contributed by atoms with van der Waals surface area (Å²) < 4.78 is 0. The molecule has 1 aromatic rings. The van der Waals surface area contributed by atoms with Crippen LogP contribution in [0.4, 0.5) is 0 Å². The quantitative estimate of drug-likeness (QED) is 0.744.